The quantitative estimate of drug-likeness (QED) is 0.592. The third kappa shape index (κ3) is 2.21. The van der Waals surface area contributed by atoms with Gasteiger partial charge in [0, 0.05) is 6.20 Å². The molecule has 1 rings (SSSR count). The minimum absolute atomic E-state index is 0.310. The van der Waals surface area contributed by atoms with Crippen molar-refractivity contribution in [3.05, 3.63) is 29.9 Å². The number of alkyl halides is 3. The summed E-state index contributed by atoms with van der Waals surface area (Å²) in [6.45, 7) is 1.59. The van der Waals surface area contributed by atoms with E-state index in [4.69, 9.17) is 0 Å². The number of rotatable bonds is 2. The Bertz CT molecular complexity index is 365. The number of carbonyl (C=O) groups excluding carboxylic acids is 1. The topological polar surface area (TPSA) is 45.8 Å². The second-order valence-corrected chi connectivity index (χ2v) is 2.50. The Labute approximate surface area is 77.7 Å². The number of nitrogens with one attached hydrogen (secondary N) is 1. The summed E-state index contributed by atoms with van der Waals surface area (Å²) < 4.78 is 36.1. The fraction of sp³-hybridized carbons (Fsp3) is 0.250. The summed E-state index contributed by atoms with van der Waals surface area (Å²) >= 11 is 0. The summed E-state index contributed by atoms with van der Waals surface area (Å²) in [5.74, 6) is -0.890. The zero-order valence-electron chi connectivity index (χ0n) is 7.22. The third-order valence-corrected chi connectivity index (χ3v) is 1.42. The lowest BCUT2D eigenvalue weighted by atomic mass is 10.3. The van der Waals surface area contributed by atoms with E-state index in [2.05, 4.69) is 9.97 Å². The summed E-state index contributed by atoms with van der Waals surface area (Å²) in [5.41, 5.74) is -1.09. The predicted molar refractivity (Wildman–Crippen MR) is 42.7 cm³/mol. The van der Waals surface area contributed by atoms with Crippen LogP contribution in [0.3, 0.4) is 0 Å². The maximum atomic E-state index is 12.0. The molecule has 1 aromatic rings. The summed E-state index contributed by atoms with van der Waals surface area (Å²) in [7, 11) is 0. The average Bonchev–Trinajstić information content (AvgIpc) is 2.51. The molecule has 0 amide bonds. The van der Waals surface area contributed by atoms with Gasteiger partial charge in [0.1, 0.15) is 0 Å². The Kier molecular flexibility index (Phi) is 2.73. The first-order valence-electron chi connectivity index (χ1n) is 3.74. The van der Waals surface area contributed by atoms with Gasteiger partial charge in [-0.15, -0.1) is 0 Å². The first-order valence-corrected chi connectivity index (χ1v) is 3.74. The van der Waals surface area contributed by atoms with E-state index < -0.39 is 17.7 Å². The highest BCUT2D eigenvalue weighted by Crippen LogP contribution is 2.27. The Hall–Kier alpha value is -1.59. The molecule has 6 heteroatoms. The minimum atomic E-state index is -4.52. The number of H-pyrrole nitrogens is 1. The average molecular weight is 204 g/mol. The molecular formula is C8H7F3N2O. The lowest BCUT2D eigenvalue weighted by molar-refractivity contribution is -0.140. The van der Waals surface area contributed by atoms with E-state index in [1.54, 1.807) is 6.92 Å². The van der Waals surface area contributed by atoms with Crippen LogP contribution < -0.4 is 0 Å². The van der Waals surface area contributed by atoms with E-state index >= 15 is 0 Å². The van der Waals surface area contributed by atoms with Gasteiger partial charge in [-0.25, -0.2) is 4.98 Å². The summed E-state index contributed by atoms with van der Waals surface area (Å²) in [4.78, 5) is 16.3. The van der Waals surface area contributed by atoms with E-state index in [-0.39, 0.29) is 5.82 Å². The van der Waals surface area contributed by atoms with Gasteiger partial charge in [-0.05, 0) is 13.0 Å². The van der Waals surface area contributed by atoms with Crippen LogP contribution in [0.15, 0.2) is 18.3 Å². The Morgan fingerprint density at radius 3 is 2.64 bits per heavy atom. The third-order valence-electron chi connectivity index (χ3n) is 1.42. The molecule has 1 aromatic heterocycles. The van der Waals surface area contributed by atoms with Gasteiger partial charge in [-0.3, -0.25) is 4.79 Å². The van der Waals surface area contributed by atoms with Crippen LogP contribution in [-0.2, 0) is 6.18 Å². The maximum Gasteiger partial charge on any atom is 0.434 e. The first kappa shape index (κ1) is 10.5. The fourth-order valence-electron chi connectivity index (χ4n) is 0.823. The van der Waals surface area contributed by atoms with Gasteiger partial charge in [0.05, 0.1) is 0 Å². The molecule has 0 aliphatic carbocycles. The van der Waals surface area contributed by atoms with Gasteiger partial charge < -0.3 is 4.98 Å². The van der Waals surface area contributed by atoms with Crippen molar-refractivity contribution in [2.24, 2.45) is 0 Å². The summed E-state index contributed by atoms with van der Waals surface area (Å²) in [6.07, 6.45) is -1.29. The molecule has 0 saturated carbocycles. The van der Waals surface area contributed by atoms with Crippen LogP contribution >= 0.6 is 0 Å². The normalized spacial score (nSPS) is 12.3. The van der Waals surface area contributed by atoms with Crippen LogP contribution in [0, 0.1) is 0 Å². The zero-order chi connectivity index (χ0) is 10.8. The van der Waals surface area contributed by atoms with Crippen molar-refractivity contribution in [3.63, 3.8) is 0 Å². The molecule has 1 heterocycles. The molecule has 0 fully saturated rings. The monoisotopic (exact) mass is 204 g/mol. The van der Waals surface area contributed by atoms with Crippen molar-refractivity contribution in [3.8, 4) is 0 Å². The van der Waals surface area contributed by atoms with Crippen molar-refractivity contribution in [1.29, 1.82) is 0 Å². The molecule has 0 spiro atoms. The molecule has 0 unspecified atom stereocenters. The molecule has 0 aliphatic heterocycles. The molecule has 14 heavy (non-hydrogen) atoms. The number of aromatic nitrogens is 2. The van der Waals surface area contributed by atoms with Crippen LogP contribution in [0.1, 0.15) is 23.2 Å². The van der Waals surface area contributed by atoms with E-state index in [9.17, 15) is 18.0 Å². The van der Waals surface area contributed by atoms with Crippen LogP contribution in [0.4, 0.5) is 13.2 Å². The molecule has 3 nitrogen and oxygen atoms in total. The molecule has 76 valence electrons. The standard InChI is InChI=1S/C8H7F3N2O/c1-2-3-5(14)7-12-4-6(13-7)8(9,10)11/h2-4H,1H3,(H,12,13)/b3-2+. The number of hydrogen-bond donors (Lipinski definition) is 1. The number of ketones is 1. The lowest BCUT2D eigenvalue weighted by Gasteiger charge is -1.98. The maximum absolute atomic E-state index is 12.0. The zero-order valence-corrected chi connectivity index (χ0v) is 7.22. The second-order valence-electron chi connectivity index (χ2n) is 2.50. The summed E-state index contributed by atoms with van der Waals surface area (Å²) in [5, 5.41) is 0. The largest absolute Gasteiger partial charge is 0.434 e. The van der Waals surface area contributed by atoms with E-state index in [0.717, 1.165) is 6.08 Å². The van der Waals surface area contributed by atoms with Crippen molar-refractivity contribution in [1.82, 2.24) is 9.97 Å². The van der Waals surface area contributed by atoms with E-state index in [1.165, 1.54) is 6.08 Å². The number of allylic oxidation sites excluding steroid dienone is 2. The first-order chi connectivity index (χ1) is 6.45. The molecule has 0 aliphatic rings. The van der Waals surface area contributed by atoms with Crippen molar-refractivity contribution >= 4 is 5.78 Å². The van der Waals surface area contributed by atoms with Gasteiger partial charge in [-0.2, -0.15) is 13.2 Å². The van der Waals surface area contributed by atoms with Crippen LogP contribution in [0.2, 0.25) is 0 Å². The Morgan fingerprint density at radius 2 is 2.21 bits per heavy atom. The predicted octanol–water partition coefficient (Wildman–Crippen LogP) is 2.19. The number of halogens is 3. The Morgan fingerprint density at radius 1 is 1.57 bits per heavy atom. The molecule has 0 bridgehead atoms. The van der Waals surface area contributed by atoms with Gasteiger partial charge in [0.15, 0.2) is 11.5 Å². The van der Waals surface area contributed by atoms with Gasteiger partial charge in [0.25, 0.3) is 0 Å². The van der Waals surface area contributed by atoms with Crippen molar-refractivity contribution < 1.29 is 18.0 Å². The van der Waals surface area contributed by atoms with Crippen molar-refractivity contribution in [2.45, 2.75) is 13.1 Å². The molecule has 0 atom stereocenters. The van der Waals surface area contributed by atoms with Gasteiger partial charge in [-0.1, -0.05) is 6.08 Å². The van der Waals surface area contributed by atoms with Gasteiger partial charge >= 0.3 is 6.18 Å². The van der Waals surface area contributed by atoms with E-state index in [1.807, 2.05) is 0 Å². The second kappa shape index (κ2) is 3.65. The van der Waals surface area contributed by atoms with Gasteiger partial charge in [0.2, 0.25) is 5.78 Å². The fourth-order valence-corrected chi connectivity index (χ4v) is 0.823. The Balaban J connectivity index is 2.94. The SMILES string of the molecule is C/C=C/C(=O)c1nc(C(F)(F)F)c[nH]1. The lowest BCUT2D eigenvalue weighted by Crippen LogP contribution is -2.06. The number of imidazole rings is 1. The van der Waals surface area contributed by atoms with Crippen LogP contribution in [-0.4, -0.2) is 15.8 Å². The van der Waals surface area contributed by atoms with Crippen LogP contribution in [0.5, 0.6) is 0 Å². The van der Waals surface area contributed by atoms with E-state index in [0.29, 0.717) is 6.20 Å². The minimum Gasteiger partial charge on any atom is -0.341 e. The number of hydrogen-bond acceptors (Lipinski definition) is 2. The highest BCUT2D eigenvalue weighted by Gasteiger charge is 2.34. The van der Waals surface area contributed by atoms with Crippen LogP contribution in [0.25, 0.3) is 0 Å². The molecule has 1 N–H and O–H groups in total. The number of nitrogens with zero attached hydrogens (tertiary/aromatic N) is 1. The molecule has 0 aromatic carbocycles. The highest BCUT2D eigenvalue weighted by atomic mass is 19.4. The summed E-state index contributed by atoms with van der Waals surface area (Å²) in [6, 6.07) is 0. The molecule has 0 radical (unpaired) electrons. The number of carbonyl (C=O) groups is 1. The highest BCUT2D eigenvalue weighted by molar-refractivity contribution is 6.01. The van der Waals surface area contributed by atoms with Crippen molar-refractivity contribution in [2.75, 3.05) is 0 Å². The number of aromatic amines is 1. The molecule has 0 saturated heterocycles. The smallest absolute Gasteiger partial charge is 0.341 e. The molecular weight excluding hydrogens is 197 g/mol.